The molecule has 0 atom stereocenters. The highest BCUT2D eigenvalue weighted by molar-refractivity contribution is 5.93. The van der Waals surface area contributed by atoms with Crippen molar-refractivity contribution in [1.29, 1.82) is 0 Å². The molecule has 176 valence electrons. The molecule has 1 amide bonds. The van der Waals surface area contributed by atoms with Crippen molar-refractivity contribution in [3.63, 3.8) is 0 Å². The van der Waals surface area contributed by atoms with E-state index in [1.165, 1.54) is 11.6 Å². The standard InChI is InChI=1S/C21H18F6N4O2/c1-19(2,33-13-7-5-12(6-8-13)20(22,23)24)18-30-29-17(31(18)3)14-9-4-11(16(28)32)10-15(14)21(25,26)27/h4-10H,1-3H3,(H2,28,32). The van der Waals surface area contributed by atoms with Gasteiger partial charge in [-0.2, -0.15) is 26.3 Å². The van der Waals surface area contributed by atoms with Crippen molar-refractivity contribution < 1.29 is 35.9 Å². The van der Waals surface area contributed by atoms with Crippen LogP contribution in [0.15, 0.2) is 42.5 Å². The van der Waals surface area contributed by atoms with E-state index in [0.717, 1.165) is 36.4 Å². The molecule has 3 rings (SSSR count). The van der Waals surface area contributed by atoms with Crippen LogP contribution in [0.2, 0.25) is 0 Å². The quantitative estimate of drug-likeness (QED) is 0.534. The van der Waals surface area contributed by atoms with Crippen LogP contribution in [0, 0.1) is 0 Å². The third-order valence-electron chi connectivity index (χ3n) is 4.82. The third kappa shape index (κ3) is 4.94. The lowest BCUT2D eigenvalue weighted by molar-refractivity contribution is -0.138. The van der Waals surface area contributed by atoms with Crippen molar-refractivity contribution in [1.82, 2.24) is 14.8 Å². The van der Waals surface area contributed by atoms with E-state index in [4.69, 9.17) is 10.5 Å². The second-order valence-corrected chi connectivity index (χ2v) is 7.66. The fourth-order valence-corrected chi connectivity index (χ4v) is 3.27. The fraction of sp³-hybridized carbons (Fsp3) is 0.286. The van der Waals surface area contributed by atoms with Crippen LogP contribution in [-0.4, -0.2) is 20.7 Å². The number of amides is 1. The van der Waals surface area contributed by atoms with Crippen molar-refractivity contribution in [2.45, 2.75) is 31.8 Å². The van der Waals surface area contributed by atoms with E-state index in [2.05, 4.69) is 10.2 Å². The Kier molecular flexibility index (Phi) is 5.90. The first kappa shape index (κ1) is 24.1. The smallest absolute Gasteiger partial charge is 0.417 e. The van der Waals surface area contributed by atoms with E-state index in [1.807, 2.05) is 0 Å². The number of rotatable bonds is 5. The van der Waals surface area contributed by atoms with Crippen molar-refractivity contribution >= 4 is 5.91 Å². The van der Waals surface area contributed by atoms with Crippen molar-refractivity contribution in [3.05, 3.63) is 65.0 Å². The van der Waals surface area contributed by atoms with Gasteiger partial charge in [-0.15, -0.1) is 10.2 Å². The van der Waals surface area contributed by atoms with Crippen LogP contribution < -0.4 is 10.5 Å². The molecule has 0 unspecified atom stereocenters. The summed E-state index contributed by atoms with van der Waals surface area (Å²) >= 11 is 0. The van der Waals surface area contributed by atoms with Gasteiger partial charge in [0.05, 0.1) is 11.1 Å². The molecule has 0 bridgehead atoms. The van der Waals surface area contributed by atoms with Crippen molar-refractivity contribution in [2.75, 3.05) is 0 Å². The molecule has 0 spiro atoms. The summed E-state index contributed by atoms with van der Waals surface area (Å²) in [4.78, 5) is 11.3. The van der Waals surface area contributed by atoms with Crippen LogP contribution >= 0.6 is 0 Å². The maximum absolute atomic E-state index is 13.6. The first-order chi connectivity index (χ1) is 15.1. The Bertz CT molecular complexity index is 1180. The number of nitrogens with zero attached hydrogens (tertiary/aromatic N) is 3. The van der Waals surface area contributed by atoms with E-state index in [1.54, 1.807) is 13.8 Å². The normalized spacial score (nSPS) is 12.6. The van der Waals surface area contributed by atoms with Gasteiger partial charge in [-0.25, -0.2) is 0 Å². The summed E-state index contributed by atoms with van der Waals surface area (Å²) in [6.45, 7) is 3.08. The second kappa shape index (κ2) is 8.09. The fourth-order valence-electron chi connectivity index (χ4n) is 3.27. The SMILES string of the molecule is Cn1c(-c2ccc(C(N)=O)cc2C(F)(F)F)nnc1C(C)(C)Oc1ccc(C(F)(F)F)cc1. The number of carbonyl (C=O) groups excluding carboxylic acids is 1. The molecule has 1 aromatic heterocycles. The first-order valence-corrected chi connectivity index (χ1v) is 9.39. The highest BCUT2D eigenvalue weighted by atomic mass is 19.4. The Balaban J connectivity index is 1.99. The molecule has 0 aliphatic rings. The van der Waals surface area contributed by atoms with Gasteiger partial charge in [-0.3, -0.25) is 4.79 Å². The van der Waals surface area contributed by atoms with Crippen molar-refractivity contribution in [2.24, 2.45) is 12.8 Å². The van der Waals surface area contributed by atoms with Crippen LogP contribution in [0.3, 0.4) is 0 Å². The van der Waals surface area contributed by atoms with Crippen LogP contribution in [0.4, 0.5) is 26.3 Å². The summed E-state index contributed by atoms with van der Waals surface area (Å²) in [5.41, 5.74) is 1.19. The Hall–Kier alpha value is -3.57. The second-order valence-electron chi connectivity index (χ2n) is 7.66. The van der Waals surface area contributed by atoms with Crippen LogP contribution in [0.5, 0.6) is 5.75 Å². The van der Waals surface area contributed by atoms with Gasteiger partial charge in [0.25, 0.3) is 0 Å². The molecular formula is C21H18F6N4O2. The number of carbonyl (C=O) groups is 1. The van der Waals surface area contributed by atoms with E-state index < -0.39 is 35.0 Å². The number of ether oxygens (including phenoxy) is 1. The van der Waals surface area contributed by atoms with Gasteiger partial charge in [0.15, 0.2) is 17.2 Å². The molecule has 0 saturated carbocycles. The molecule has 0 saturated heterocycles. The van der Waals surface area contributed by atoms with Crippen molar-refractivity contribution in [3.8, 4) is 17.1 Å². The van der Waals surface area contributed by atoms with Crippen LogP contribution in [-0.2, 0) is 25.0 Å². The molecule has 6 nitrogen and oxygen atoms in total. The molecule has 0 aliphatic carbocycles. The zero-order chi connectivity index (χ0) is 24.8. The van der Waals surface area contributed by atoms with E-state index in [9.17, 15) is 31.1 Å². The predicted molar refractivity (Wildman–Crippen MR) is 105 cm³/mol. The summed E-state index contributed by atoms with van der Waals surface area (Å²) in [6.07, 6.45) is -9.31. The van der Waals surface area contributed by atoms with Gasteiger partial charge in [-0.1, -0.05) is 0 Å². The number of hydrogen-bond acceptors (Lipinski definition) is 4. The maximum Gasteiger partial charge on any atom is 0.417 e. The highest BCUT2D eigenvalue weighted by Gasteiger charge is 2.37. The number of hydrogen-bond donors (Lipinski definition) is 1. The Labute approximate surface area is 184 Å². The highest BCUT2D eigenvalue weighted by Crippen LogP contribution is 2.38. The molecule has 1 heterocycles. The molecular weight excluding hydrogens is 454 g/mol. The summed E-state index contributed by atoms with van der Waals surface area (Å²) in [6, 6.07) is 6.81. The van der Waals surface area contributed by atoms with Gasteiger partial charge in [0.1, 0.15) is 5.75 Å². The zero-order valence-corrected chi connectivity index (χ0v) is 17.5. The van der Waals surface area contributed by atoms with Gasteiger partial charge in [0, 0.05) is 18.2 Å². The number of halogens is 6. The lowest BCUT2D eigenvalue weighted by Crippen LogP contribution is -2.29. The minimum atomic E-state index is -4.81. The van der Waals surface area contributed by atoms with Crippen LogP contribution in [0.1, 0.15) is 41.2 Å². The predicted octanol–water partition coefficient (Wildman–Crippen LogP) is 4.93. The summed E-state index contributed by atoms with van der Waals surface area (Å²) in [5, 5.41) is 7.80. The summed E-state index contributed by atoms with van der Waals surface area (Å²) in [7, 11) is 1.42. The Morgan fingerprint density at radius 1 is 0.939 bits per heavy atom. The third-order valence-corrected chi connectivity index (χ3v) is 4.82. The minimum absolute atomic E-state index is 0.0966. The topological polar surface area (TPSA) is 83.0 Å². The average Bonchev–Trinajstić information content (AvgIpc) is 3.08. The lowest BCUT2D eigenvalue weighted by Gasteiger charge is -2.26. The first-order valence-electron chi connectivity index (χ1n) is 9.39. The van der Waals surface area contributed by atoms with E-state index >= 15 is 0 Å². The summed E-state index contributed by atoms with van der Waals surface area (Å²) < 4.78 is 86.2. The van der Waals surface area contributed by atoms with E-state index in [-0.39, 0.29) is 28.5 Å². The number of benzene rings is 2. The molecule has 2 N–H and O–H groups in total. The largest absolute Gasteiger partial charge is 0.480 e. The van der Waals surface area contributed by atoms with Crippen LogP contribution in [0.25, 0.3) is 11.4 Å². The average molecular weight is 472 g/mol. The molecule has 0 aliphatic heterocycles. The van der Waals surface area contributed by atoms with Gasteiger partial charge in [-0.05, 0) is 56.3 Å². The molecule has 12 heteroatoms. The molecule has 0 fully saturated rings. The number of primary amides is 1. The van der Waals surface area contributed by atoms with E-state index in [0.29, 0.717) is 6.07 Å². The lowest BCUT2D eigenvalue weighted by atomic mass is 10.0. The zero-order valence-electron chi connectivity index (χ0n) is 17.5. The summed E-state index contributed by atoms with van der Waals surface area (Å²) in [5.74, 6) is -0.960. The number of aromatic nitrogens is 3. The molecule has 3 aromatic rings. The maximum atomic E-state index is 13.6. The Morgan fingerprint density at radius 2 is 1.55 bits per heavy atom. The van der Waals surface area contributed by atoms with Gasteiger partial charge in [0.2, 0.25) is 5.91 Å². The Morgan fingerprint density at radius 3 is 2.06 bits per heavy atom. The molecule has 33 heavy (non-hydrogen) atoms. The minimum Gasteiger partial charge on any atom is -0.480 e. The van der Waals surface area contributed by atoms with Gasteiger partial charge >= 0.3 is 12.4 Å². The molecule has 0 radical (unpaired) electrons. The number of alkyl halides is 6. The molecule has 2 aromatic carbocycles. The monoisotopic (exact) mass is 472 g/mol. The van der Waals surface area contributed by atoms with Gasteiger partial charge < -0.3 is 15.0 Å². The number of nitrogens with two attached hydrogens (primary N) is 1.